The Labute approximate surface area is 169 Å². The molecule has 1 aliphatic rings. The lowest BCUT2D eigenvalue weighted by atomic mass is 10.0. The SMILES string of the molecule is CCN(CC)C(C(=O)NCc1ccccc1CN1CCCC1)c1ccccc1. The quantitative estimate of drug-likeness (QED) is 0.716. The maximum absolute atomic E-state index is 13.2. The van der Waals surface area contributed by atoms with Crippen LogP contribution in [0.2, 0.25) is 0 Å². The number of carbonyl (C=O) groups excluding carboxylic acids is 1. The lowest BCUT2D eigenvalue weighted by Crippen LogP contribution is -2.40. The standard InChI is InChI=1S/C24H33N3O/c1-3-27(4-2)23(20-12-6-5-7-13-20)24(28)25-18-21-14-8-9-15-22(21)19-26-16-10-11-17-26/h5-9,12-15,23H,3-4,10-11,16-19H2,1-2H3,(H,25,28). The van der Waals surface area contributed by atoms with Gasteiger partial charge in [-0.2, -0.15) is 0 Å². The van der Waals surface area contributed by atoms with Crippen molar-refractivity contribution in [2.45, 2.75) is 45.8 Å². The summed E-state index contributed by atoms with van der Waals surface area (Å²) >= 11 is 0. The van der Waals surface area contributed by atoms with Gasteiger partial charge in [-0.25, -0.2) is 0 Å². The highest BCUT2D eigenvalue weighted by atomic mass is 16.2. The lowest BCUT2D eigenvalue weighted by Gasteiger charge is -2.29. The van der Waals surface area contributed by atoms with E-state index in [1.165, 1.54) is 37.1 Å². The van der Waals surface area contributed by atoms with E-state index in [9.17, 15) is 4.79 Å². The minimum Gasteiger partial charge on any atom is -0.350 e. The molecule has 2 aromatic carbocycles. The summed E-state index contributed by atoms with van der Waals surface area (Å²) in [7, 11) is 0. The van der Waals surface area contributed by atoms with Gasteiger partial charge in [0.15, 0.2) is 0 Å². The first-order valence-corrected chi connectivity index (χ1v) is 10.6. The Hall–Kier alpha value is -2.17. The van der Waals surface area contributed by atoms with Gasteiger partial charge in [-0.05, 0) is 55.7 Å². The molecule has 1 fully saturated rings. The van der Waals surface area contributed by atoms with E-state index < -0.39 is 0 Å². The Balaban J connectivity index is 1.71. The first-order chi connectivity index (χ1) is 13.7. The highest BCUT2D eigenvalue weighted by Crippen LogP contribution is 2.21. The van der Waals surface area contributed by atoms with Crippen molar-refractivity contribution in [3.63, 3.8) is 0 Å². The molecule has 0 saturated carbocycles. The van der Waals surface area contributed by atoms with E-state index in [0.717, 1.165) is 25.2 Å². The maximum Gasteiger partial charge on any atom is 0.242 e. The Bertz CT molecular complexity index is 737. The zero-order valence-corrected chi connectivity index (χ0v) is 17.2. The van der Waals surface area contributed by atoms with Crippen LogP contribution in [0.4, 0.5) is 0 Å². The predicted molar refractivity (Wildman–Crippen MR) is 115 cm³/mol. The van der Waals surface area contributed by atoms with Gasteiger partial charge in [0.2, 0.25) is 5.91 Å². The van der Waals surface area contributed by atoms with Gasteiger partial charge in [0, 0.05) is 13.1 Å². The number of nitrogens with one attached hydrogen (secondary N) is 1. The summed E-state index contributed by atoms with van der Waals surface area (Å²) in [6, 6.07) is 18.3. The van der Waals surface area contributed by atoms with Crippen LogP contribution < -0.4 is 5.32 Å². The fourth-order valence-corrected chi connectivity index (χ4v) is 4.10. The molecule has 1 atom stereocenters. The number of likely N-dealkylation sites (tertiary alicyclic amines) is 1. The topological polar surface area (TPSA) is 35.6 Å². The third-order valence-corrected chi connectivity index (χ3v) is 5.71. The molecule has 150 valence electrons. The largest absolute Gasteiger partial charge is 0.350 e. The highest BCUT2D eigenvalue weighted by Gasteiger charge is 2.25. The molecule has 1 unspecified atom stereocenters. The highest BCUT2D eigenvalue weighted by molar-refractivity contribution is 5.83. The van der Waals surface area contributed by atoms with Gasteiger partial charge < -0.3 is 5.32 Å². The number of benzene rings is 2. The molecule has 1 N–H and O–H groups in total. The summed E-state index contributed by atoms with van der Waals surface area (Å²) < 4.78 is 0. The number of nitrogens with zero attached hydrogens (tertiary/aromatic N) is 2. The van der Waals surface area contributed by atoms with Crippen molar-refractivity contribution in [1.29, 1.82) is 0 Å². The van der Waals surface area contributed by atoms with E-state index in [1.54, 1.807) is 0 Å². The lowest BCUT2D eigenvalue weighted by molar-refractivity contribution is -0.126. The molecule has 0 spiro atoms. The van der Waals surface area contributed by atoms with Crippen molar-refractivity contribution in [2.75, 3.05) is 26.2 Å². The van der Waals surface area contributed by atoms with E-state index in [0.29, 0.717) is 6.54 Å². The third kappa shape index (κ3) is 5.21. The Morgan fingerprint density at radius 1 is 0.964 bits per heavy atom. The fourth-order valence-electron chi connectivity index (χ4n) is 4.10. The van der Waals surface area contributed by atoms with Crippen LogP contribution in [-0.4, -0.2) is 41.9 Å². The second-order valence-corrected chi connectivity index (χ2v) is 7.50. The Morgan fingerprint density at radius 2 is 1.57 bits per heavy atom. The minimum absolute atomic E-state index is 0.0749. The van der Waals surface area contributed by atoms with Crippen molar-refractivity contribution >= 4 is 5.91 Å². The second-order valence-electron chi connectivity index (χ2n) is 7.50. The van der Waals surface area contributed by atoms with Crippen molar-refractivity contribution in [1.82, 2.24) is 15.1 Å². The molecule has 0 radical (unpaired) electrons. The molecule has 1 heterocycles. The Kier molecular flexibility index (Phi) is 7.63. The van der Waals surface area contributed by atoms with Gasteiger partial charge in [-0.1, -0.05) is 68.4 Å². The first-order valence-electron chi connectivity index (χ1n) is 10.6. The number of likely N-dealkylation sites (N-methyl/N-ethyl adjacent to an activating group) is 1. The third-order valence-electron chi connectivity index (χ3n) is 5.71. The molecule has 3 rings (SSSR count). The van der Waals surface area contributed by atoms with Crippen LogP contribution in [0, 0.1) is 0 Å². The van der Waals surface area contributed by atoms with E-state index in [4.69, 9.17) is 0 Å². The van der Waals surface area contributed by atoms with Gasteiger partial charge >= 0.3 is 0 Å². The van der Waals surface area contributed by atoms with Gasteiger partial charge in [-0.15, -0.1) is 0 Å². The van der Waals surface area contributed by atoms with Crippen LogP contribution in [0.1, 0.15) is 49.4 Å². The zero-order valence-electron chi connectivity index (χ0n) is 17.2. The van der Waals surface area contributed by atoms with Crippen LogP contribution in [-0.2, 0) is 17.9 Å². The normalized spacial score (nSPS) is 15.7. The number of hydrogen-bond acceptors (Lipinski definition) is 3. The summed E-state index contributed by atoms with van der Waals surface area (Å²) in [5, 5.41) is 3.21. The molecule has 0 aliphatic carbocycles. The van der Waals surface area contributed by atoms with Crippen LogP contribution in [0.3, 0.4) is 0 Å². The van der Waals surface area contributed by atoms with Crippen LogP contribution in [0.25, 0.3) is 0 Å². The van der Waals surface area contributed by atoms with E-state index >= 15 is 0 Å². The molecule has 0 bridgehead atoms. The summed E-state index contributed by atoms with van der Waals surface area (Å²) in [6.45, 7) is 9.81. The van der Waals surface area contributed by atoms with Crippen molar-refractivity contribution < 1.29 is 4.79 Å². The number of rotatable bonds is 9. The molecule has 28 heavy (non-hydrogen) atoms. The predicted octanol–water partition coefficient (Wildman–Crippen LogP) is 3.98. The van der Waals surface area contributed by atoms with Crippen LogP contribution in [0.15, 0.2) is 54.6 Å². The van der Waals surface area contributed by atoms with Gasteiger partial charge in [-0.3, -0.25) is 14.6 Å². The maximum atomic E-state index is 13.2. The summed E-state index contributed by atoms with van der Waals surface area (Å²) in [6.07, 6.45) is 2.59. The van der Waals surface area contributed by atoms with Crippen molar-refractivity contribution in [2.24, 2.45) is 0 Å². The average Bonchev–Trinajstić information content (AvgIpc) is 3.25. The molecule has 4 heteroatoms. The van der Waals surface area contributed by atoms with Gasteiger partial charge in [0.25, 0.3) is 0 Å². The minimum atomic E-state index is -0.248. The molecular formula is C24H33N3O. The first kappa shape index (κ1) is 20.6. The molecule has 0 aromatic heterocycles. The molecular weight excluding hydrogens is 346 g/mol. The zero-order chi connectivity index (χ0) is 19.8. The summed E-state index contributed by atoms with van der Waals surface area (Å²) in [5.41, 5.74) is 3.59. The Morgan fingerprint density at radius 3 is 2.21 bits per heavy atom. The van der Waals surface area contributed by atoms with E-state index in [1.807, 2.05) is 30.3 Å². The summed E-state index contributed by atoms with van der Waals surface area (Å²) in [4.78, 5) is 17.9. The van der Waals surface area contributed by atoms with E-state index in [-0.39, 0.29) is 11.9 Å². The molecule has 2 aromatic rings. The number of hydrogen-bond donors (Lipinski definition) is 1. The molecule has 1 aliphatic heterocycles. The van der Waals surface area contributed by atoms with Crippen LogP contribution in [0.5, 0.6) is 0 Å². The molecule has 1 saturated heterocycles. The van der Waals surface area contributed by atoms with Crippen molar-refractivity contribution in [3.8, 4) is 0 Å². The monoisotopic (exact) mass is 379 g/mol. The fraction of sp³-hybridized carbons (Fsp3) is 0.458. The summed E-state index contributed by atoms with van der Waals surface area (Å²) in [5.74, 6) is 0.0749. The smallest absolute Gasteiger partial charge is 0.242 e. The van der Waals surface area contributed by atoms with Crippen LogP contribution >= 0.6 is 0 Å². The number of amides is 1. The molecule has 1 amide bonds. The molecule has 4 nitrogen and oxygen atoms in total. The number of carbonyl (C=O) groups is 1. The van der Waals surface area contributed by atoms with Gasteiger partial charge in [0.05, 0.1) is 0 Å². The average molecular weight is 380 g/mol. The van der Waals surface area contributed by atoms with Gasteiger partial charge in [0.1, 0.15) is 6.04 Å². The second kappa shape index (κ2) is 10.4. The van der Waals surface area contributed by atoms with Crippen molar-refractivity contribution in [3.05, 3.63) is 71.3 Å². The van der Waals surface area contributed by atoms with E-state index in [2.05, 4.69) is 53.2 Å².